The summed E-state index contributed by atoms with van der Waals surface area (Å²) in [5, 5.41) is 35.5. The van der Waals surface area contributed by atoms with E-state index < -0.39 is 11.9 Å². The summed E-state index contributed by atoms with van der Waals surface area (Å²) in [6.45, 7) is 0. The monoisotopic (exact) mass is 340 g/mol. The molecular weight excluding hydrogens is 328 g/mol. The molecule has 0 spiro atoms. The van der Waals surface area contributed by atoms with Crippen LogP contribution < -0.4 is 0 Å². The van der Waals surface area contributed by atoms with Gasteiger partial charge in [0, 0.05) is 6.20 Å². The number of azo groups is 1. The van der Waals surface area contributed by atoms with Crippen LogP contribution in [0.1, 0.15) is 16.1 Å². The van der Waals surface area contributed by atoms with E-state index in [0.717, 1.165) is 0 Å². The second-order valence-corrected chi connectivity index (χ2v) is 5.09. The van der Waals surface area contributed by atoms with Crippen LogP contribution in [0.15, 0.2) is 52.8 Å². The van der Waals surface area contributed by atoms with Gasteiger partial charge in [-0.05, 0) is 30.3 Å². The fraction of sp³-hybridized carbons (Fsp3) is 0.0625. The summed E-state index contributed by atoms with van der Waals surface area (Å²) >= 11 is 0. The molecule has 0 aliphatic rings. The summed E-state index contributed by atoms with van der Waals surface area (Å²) in [6.07, 6.45) is 1.34. The molecule has 2 heterocycles. The van der Waals surface area contributed by atoms with Crippen LogP contribution in [0.25, 0.3) is 5.65 Å². The Hall–Kier alpha value is -3.75. The van der Waals surface area contributed by atoms with Crippen molar-refractivity contribution in [1.29, 1.82) is 0 Å². The number of imidazole rings is 1. The largest absolute Gasteiger partial charge is 0.507 e. The lowest BCUT2D eigenvalue weighted by atomic mass is 10.2. The van der Waals surface area contributed by atoms with Gasteiger partial charge in [-0.15, -0.1) is 10.2 Å². The van der Waals surface area contributed by atoms with Crippen molar-refractivity contribution in [2.45, 2.75) is 6.42 Å². The molecule has 126 valence electrons. The number of hydrogen-bond donors (Lipinski definition) is 3. The van der Waals surface area contributed by atoms with Crippen molar-refractivity contribution in [3.05, 3.63) is 53.9 Å². The lowest BCUT2D eigenvalue weighted by Crippen LogP contribution is -2.00. The van der Waals surface area contributed by atoms with E-state index in [1.807, 2.05) is 0 Å². The first-order valence-electron chi connectivity index (χ1n) is 7.11. The first kappa shape index (κ1) is 16.1. The summed E-state index contributed by atoms with van der Waals surface area (Å²) in [5.41, 5.74) is 0.645. The fourth-order valence-electron chi connectivity index (χ4n) is 2.26. The number of fused-ring (bicyclic) bond motifs is 1. The average Bonchev–Trinajstić information content (AvgIpc) is 2.90. The number of pyridine rings is 1. The Morgan fingerprint density at radius 3 is 2.64 bits per heavy atom. The number of carbonyl (C=O) groups is 2. The number of rotatable bonds is 5. The second-order valence-electron chi connectivity index (χ2n) is 5.09. The highest BCUT2D eigenvalue weighted by molar-refractivity contribution is 5.91. The van der Waals surface area contributed by atoms with Crippen LogP contribution in [0.2, 0.25) is 0 Å². The second kappa shape index (κ2) is 6.40. The number of aliphatic carboxylic acids is 1. The van der Waals surface area contributed by atoms with Crippen LogP contribution in [0.3, 0.4) is 0 Å². The van der Waals surface area contributed by atoms with Gasteiger partial charge in [0.15, 0.2) is 5.82 Å². The SMILES string of the molecule is O=C(O)Cc1nc2ccccn2c1N=Nc1ccc(O)c(C(=O)O)c1. The fourth-order valence-corrected chi connectivity index (χ4v) is 2.26. The van der Waals surface area contributed by atoms with E-state index in [9.17, 15) is 14.7 Å². The number of aromatic nitrogens is 2. The number of nitrogens with zero attached hydrogens (tertiary/aromatic N) is 4. The third-order valence-corrected chi connectivity index (χ3v) is 3.36. The van der Waals surface area contributed by atoms with Crippen LogP contribution in [0.5, 0.6) is 5.75 Å². The lowest BCUT2D eigenvalue weighted by Gasteiger charge is -2.00. The minimum absolute atomic E-state index is 0.197. The zero-order chi connectivity index (χ0) is 18.0. The minimum Gasteiger partial charge on any atom is -0.507 e. The number of hydrogen-bond acceptors (Lipinski definition) is 6. The molecule has 3 rings (SSSR count). The zero-order valence-electron chi connectivity index (χ0n) is 12.7. The highest BCUT2D eigenvalue weighted by Gasteiger charge is 2.15. The Labute approximate surface area is 140 Å². The van der Waals surface area contributed by atoms with Crippen molar-refractivity contribution in [1.82, 2.24) is 9.38 Å². The molecule has 0 aliphatic heterocycles. The summed E-state index contributed by atoms with van der Waals surface area (Å²) in [6, 6.07) is 8.96. The smallest absolute Gasteiger partial charge is 0.339 e. The molecule has 0 aliphatic carbocycles. The Kier molecular flexibility index (Phi) is 4.12. The highest BCUT2D eigenvalue weighted by Crippen LogP contribution is 2.27. The zero-order valence-corrected chi connectivity index (χ0v) is 12.7. The molecule has 2 aromatic heterocycles. The summed E-state index contributed by atoms with van der Waals surface area (Å²) in [5.74, 6) is -2.50. The maximum atomic E-state index is 11.0. The number of benzene rings is 1. The van der Waals surface area contributed by atoms with Gasteiger partial charge in [0.1, 0.15) is 17.0 Å². The Balaban J connectivity index is 2.05. The van der Waals surface area contributed by atoms with Gasteiger partial charge in [-0.25, -0.2) is 9.78 Å². The van der Waals surface area contributed by atoms with Crippen molar-refractivity contribution in [3.63, 3.8) is 0 Å². The van der Waals surface area contributed by atoms with Crippen LogP contribution in [-0.4, -0.2) is 36.6 Å². The van der Waals surface area contributed by atoms with Gasteiger partial charge >= 0.3 is 11.9 Å². The summed E-state index contributed by atoms with van der Waals surface area (Å²) < 4.78 is 1.58. The number of aromatic hydroxyl groups is 1. The molecule has 25 heavy (non-hydrogen) atoms. The van der Waals surface area contributed by atoms with Crippen LogP contribution in [0, 0.1) is 0 Å². The van der Waals surface area contributed by atoms with Gasteiger partial charge in [-0.3, -0.25) is 9.20 Å². The molecule has 3 N–H and O–H groups in total. The number of carboxylic acid groups (broad SMARTS) is 2. The quantitative estimate of drug-likeness (QED) is 0.611. The van der Waals surface area contributed by atoms with Crippen LogP contribution in [-0.2, 0) is 11.2 Å². The molecule has 9 nitrogen and oxygen atoms in total. The molecule has 0 fully saturated rings. The van der Waals surface area contributed by atoms with E-state index >= 15 is 0 Å². The molecule has 0 amide bonds. The minimum atomic E-state index is -1.30. The van der Waals surface area contributed by atoms with Crippen LogP contribution in [0.4, 0.5) is 11.5 Å². The van der Waals surface area contributed by atoms with Gasteiger partial charge in [0.2, 0.25) is 0 Å². The first-order chi connectivity index (χ1) is 12.0. The summed E-state index contributed by atoms with van der Waals surface area (Å²) in [4.78, 5) is 26.3. The molecule has 0 unspecified atom stereocenters. The van der Waals surface area contributed by atoms with Gasteiger partial charge in [0.25, 0.3) is 0 Å². The summed E-state index contributed by atoms with van der Waals surface area (Å²) in [7, 11) is 0. The number of carboxylic acids is 2. The predicted molar refractivity (Wildman–Crippen MR) is 85.8 cm³/mol. The Bertz CT molecular complexity index is 1010. The average molecular weight is 340 g/mol. The number of aromatic carboxylic acids is 1. The molecule has 0 saturated carbocycles. The van der Waals surface area contributed by atoms with Gasteiger partial charge in [0.05, 0.1) is 17.8 Å². The van der Waals surface area contributed by atoms with E-state index in [4.69, 9.17) is 10.2 Å². The molecule has 0 bridgehead atoms. The first-order valence-corrected chi connectivity index (χ1v) is 7.11. The maximum Gasteiger partial charge on any atom is 0.339 e. The van der Waals surface area contributed by atoms with Gasteiger partial charge in [-0.1, -0.05) is 6.07 Å². The van der Waals surface area contributed by atoms with Crippen molar-refractivity contribution in [3.8, 4) is 5.75 Å². The molecule has 0 saturated heterocycles. The van der Waals surface area contributed by atoms with Crippen LogP contribution >= 0.6 is 0 Å². The standard InChI is InChI=1S/C16H12N4O5/c21-12-5-4-9(7-10(12)16(24)25)18-19-15-11(8-14(22)23)17-13-3-1-2-6-20(13)15/h1-7,21H,8H2,(H,22,23)(H,24,25). The van der Waals surface area contributed by atoms with Gasteiger partial charge in [-0.2, -0.15) is 0 Å². The normalized spacial score (nSPS) is 11.2. The highest BCUT2D eigenvalue weighted by atomic mass is 16.4. The van der Waals surface area contributed by atoms with Crippen molar-refractivity contribution >= 4 is 29.1 Å². The van der Waals surface area contributed by atoms with E-state index in [0.29, 0.717) is 5.65 Å². The van der Waals surface area contributed by atoms with E-state index in [2.05, 4.69) is 15.2 Å². The van der Waals surface area contributed by atoms with E-state index in [1.54, 1.807) is 28.8 Å². The third-order valence-electron chi connectivity index (χ3n) is 3.36. The van der Waals surface area contributed by atoms with Crippen molar-refractivity contribution in [2.75, 3.05) is 0 Å². The molecule has 9 heteroatoms. The Morgan fingerprint density at radius 1 is 1.12 bits per heavy atom. The Morgan fingerprint density at radius 2 is 1.92 bits per heavy atom. The van der Waals surface area contributed by atoms with E-state index in [1.165, 1.54) is 18.2 Å². The molecule has 0 atom stereocenters. The maximum absolute atomic E-state index is 11.0. The van der Waals surface area contributed by atoms with Gasteiger partial charge < -0.3 is 15.3 Å². The van der Waals surface area contributed by atoms with Crippen molar-refractivity contribution < 1.29 is 24.9 Å². The molecule has 0 radical (unpaired) electrons. The lowest BCUT2D eigenvalue weighted by molar-refractivity contribution is -0.136. The molecule has 3 aromatic rings. The topological polar surface area (TPSA) is 137 Å². The molecule has 1 aromatic carbocycles. The van der Waals surface area contributed by atoms with E-state index in [-0.39, 0.29) is 34.9 Å². The molecular formula is C16H12N4O5. The van der Waals surface area contributed by atoms with Crippen molar-refractivity contribution in [2.24, 2.45) is 10.2 Å². The third kappa shape index (κ3) is 3.29. The number of phenols is 1. The predicted octanol–water partition coefficient (Wildman–Crippen LogP) is 2.78.